The molecule has 0 fully saturated rings. The van der Waals surface area contributed by atoms with Crippen molar-refractivity contribution in [3.05, 3.63) is 158 Å². The lowest BCUT2D eigenvalue weighted by atomic mass is 10.0. The van der Waals surface area contributed by atoms with Gasteiger partial charge in [0.2, 0.25) is 5.89 Å². The molecule has 0 unspecified atom stereocenters. The van der Waals surface area contributed by atoms with Gasteiger partial charge in [0.25, 0.3) is 0 Å². The van der Waals surface area contributed by atoms with Crippen LogP contribution >= 0.6 is 11.3 Å². The molecule has 0 spiro atoms. The lowest BCUT2D eigenvalue weighted by Gasteiger charge is -2.27. The molecule has 0 aliphatic heterocycles. The quantitative estimate of drug-likeness (QED) is 0.198. The minimum absolute atomic E-state index is 0.622. The molecule has 212 valence electrons. The van der Waals surface area contributed by atoms with E-state index in [1.807, 2.05) is 47.7 Å². The van der Waals surface area contributed by atoms with Crippen LogP contribution in [0.4, 0.5) is 17.1 Å². The zero-order valence-corrected chi connectivity index (χ0v) is 25.0. The second-order valence-corrected chi connectivity index (χ2v) is 12.3. The van der Waals surface area contributed by atoms with Crippen LogP contribution in [-0.2, 0) is 0 Å². The first kappa shape index (κ1) is 25.8. The highest BCUT2D eigenvalue weighted by molar-refractivity contribution is 7.25. The van der Waals surface area contributed by atoms with Crippen LogP contribution in [0.1, 0.15) is 0 Å². The summed E-state index contributed by atoms with van der Waals surface area (Å²) in [4.78, 5) is 7.46. The third-order valence-corrected chi connectivity index (χ3v) is 9.61. The summed E-state index contributed by atoms with van der Waals surface area (Å²) in [5.74, 6) is 0.622. The third-order valence-electron chi connectivity index (χ3n) is 8.47. The fraction of sp³-hybridized carbons (Fsp3) is 0. The topological polar surface area (TPSA) is 29.3 Å². The summed E-state index contributed by atoms with van der Waals surface area (Å²) in [6.07, 6.45) is 0. The number of hydrogen-bond acceptors (Lipinski definition) is 4. The Labute approximate surface area is 264 Å². The van der Waals surface area contributed by atoms with Gasteiger partial charge < -0.3 is 9.32 Å². The van der Waals surface area contributed by atoms with Gasteiger partial charge in [-0.05, 0) is 71.1 Å². The van der Waals surface area contributed by atoms with E-state index in [0.717, 1.165) is 44.5 Å². The van der Waals surface area contributed by atoms with Crippen LogP contribution in [0.15, 0.2) is 162 Å². The van der Waals surface area contributed by atoms with Gasteiger partial charge in [0.1, 0.15) is 5.52 Å². The van der Waals surface area contributed by atoms with Gasteiger partial charge in [-0.1, -0.05) is 103 Å². The van der Waals surface area contributed by atoms with E-state index in [-0.39, 0.29) is 0 Å². The molecule has 0 aliphatic carbocycles. The van der Waals surface area contributed by atoms with E-state index in [1.165, 1.54) is 31.3 Å². The van der Waals surface area contributed by atoms with Gasteiger partial charge in [-0.25, -0.2) is 4.98 Å². The van der Waals surface area contributed by atoms with Crippen LogP contribution in [-0.4, -0.2) is 4.98 Å². The molecule has 0 bridgehead atoms. The van der Waals surface area contributed by atoms with Crippen LogP contribution in [0.5, 0.6) is 0 Å². The van der Waals surface area contributed by atoms with E-state index in [4.69, 9.17) is 9.40 Å². The van der Waals surface area contributed by atoms with Gasteiger partial charge in [0.05, 0.1) is 5.69 Å². The Bertz CT molecular complexity index is 2500. The van der Waals surface area contributed by atoms with Gasteiger partial charge in [0.15, 0.2) is 5.58 Å². The molecule has 0 N–H and O–H groups in total. The van der Waals surface area contributed by atoms with Crippen molar-refractivity contribution in [3.63, 3.8) is 0 Å². The largest absolute Gasteiger partial charge is 0.436 e. The van der Waals surface area contributed by atoms with E-state index >= 15 is 0 Å². The van der Waals surface area contributed by atoms with E-state index in [0.29, 0.717) is 5.89 Å². The van der Waals surface area contributed by atoms with Gasteiger partial charge in [0, 0.05) is 42.5 Å². The second kappa shape index (κ2) is 10.5. The summed E-state index contributed by atoms with van der Waals surface area (Å²) in [7, 11) is 0. The average Bonchev–Trinajstić information content (AvgIpc) is 3.71. The lowest BCUT2D eigenvalue weighted by molar-refractivity contribution is 0.620. The smallest absolute Gasteiger partial charge is 0.227 e. The molecule has 2 aromatic heterocycles. The van der Waals surface area contributed by atoms with E-state index in [2.05, 4.69) is 126 Å². The second-order valence-electron chi connectivity index (χ2n) is 11.2. The number of aromatic nitrogens is 1. The molecule has 9 rings (SSSR count). The normalized spacial score (nSPS) is 11.6. The van der Waals surface area contributed by atoms with Crippen molar-refractivity contribution < 1.29 is 4.42 Å². The highest BCUT2D eigenvalue weighted by atomic mass is 32.1. The highest BCUT2D eigenvalue weighted by Crippen LogP contribution is 2.45. The van der Waals surface area contributed by atoms with Crippen LogP contribution < -0.4 is 4.90 Å². The molecule has 0 saturated heterocycles. The van der Waals surface area contributed by atoms with E-state index in [9.17, 15) is 0 Å². The van der Waals surface area contributed by atoms with Gasteiger partial charge in [-0.3, -0.25) is 0 Å². The van der Waals surface area contributed by atoms with Crippen molar-refractivity contribution in [3.8, 4) is 22.6 Å². The minimum Gasteiger partial charge on any atom is -0.436 e. The molecule has 0 radical (unpaired) electrons. The summed E-state index contributed by atoms with van der Waals surface area (Å²) >= 11 is 1.84. The standard InChI is InChI=1S/C41H26N2OS/c1-3-11-27(12-4-1)30-16-9-17-31(25-30)43(32-22-23-34-33-18-7-8-20-37(33)45-38(34)26-32)35-19-10-15-28-21-24-36-40(39(28)35)42-41(44-36)29-13-5-2-6-14-29/h1-26H. The Kier molecular flexibility index (Phi) is 6.00. The molecule has 3 nitrogen and oxygen atoms in total. The first-order valence-electron chi connectivity index (χ1n) is 15.0. The molecular weight excluding hydrogens is 569 g/mol. The zero-order valence-electron chi connectivity index (χ0n) is 24.2. The molecular formula is C41H26N2OS. The minimum atomic E-state index is 0.622. The number of fused-ring (bicyclic) bond motifs is 6. The maximum absolute atomic E-state index is 6.35. The fourth-order valence-corrected chi connectivity index (χ4v) is 7.51. The van der Waals surface area contributed by atoms with Crippen molar-refractivity contribution in [1.29, 1.82) is 0 Å². The zero-order chi connectivity index (χ0) is 29.7. The monoisotopic (exact) mass is 594 g/mol. The maximum Gasteiger partial charge on any atom is 0.227 e. The first-order chi connectivity index (χ1) is 22.3. The van der Waals surface area contributed by atoms with Crippen LogP contribution in [0, 0.1) is 0 Å². The number of thiophene rings is 1. The summed E-state index contributed by atoms with van der Waals surface area (Å²) in [5.41, 5.74) is 8.16. The Morgan fingerprint density at radius 2 is 1.22 bits per heavy atom. The summed E-state index contributed by atoms with van der Waals surface area (Å²) in [6, 6.07) is 55.6. The number of hydrogen-bond donors (Lipinski definition) is 0. The summed E-state index contributed by atoms with van der Waals surface area (Å²) in [6.45, 7) is 0. The van der Waals surface area contributed by atoms with Crippen molar-refractivity contribution in [1.82, 2.24) is 4.98 Å². The molecule has 0 amide bonds. The van der Waals surface area contributed by atoms with Crippen molar-refractivity contribution in [2.24, 2.45) is 0 Å². The number of oxazole rings is 1. The van der Waals surface area contributed by atoms with Crippen LogP contribution in [0.3, 0.4) is 0 Å². The first-order valence-corrected chi connectivity index (χ1v) is 15.9. The molecule has 0 aliphatic rings. The molecule has 4 heteroatoms. The number of rotatable bonds is 5. The average molecular weight is 595 g/mol. The van der Waals surface area contributed by atoms with Crippen LogP contribution in [0.2, 0.25) is 0 Å². The Morgan fingerprint density at radius 3 is 2.09 bits per heavy atom. The summed E-state index contributed by atoms with van der Waals surface area (Å²) in [5, 5.41) is 4.74. The van der Waals surface area contributed by atoms with Crippen LogP contribution in [0.25, 0.3) is 64.6 Å². The van der Waals surface area contributed by atoms with Gasteiger partial charge in [-0.15, -0.1) is 11.3 Å². The predicted octanol–water partition coefficient (Wildman–Crippen LogP) is 12.2. The predicted molar refractivity (Wildman–Crippen MR) is 190 cm³/mol. The molecule has 45 heavy (non-hydrogen) atoms. The number of benzene rings is 7. The SMILES string of the molecule is c1ccc(-c2cccc(N(c3ccc4c(c3)sc3ccccc34)c3cccc4ccc5oc(-c6ccccc6)nc5c34)c2)cc1. The lowest BCUT2D eigenvalue weighted by Crippen LogP contribution is -2.10. The Morgan fingerprint density at radius 1 is 0.511 bits per heavy atom. The van der Waals surface area contributed by atoms with E-state index < -0.39 is 0 Å². The fourth-order valence-electron chi connectivity index (χ4n) is 6.37. The molecule has 7 aromatic carbocycles. The highest BCUT2D eigenvalue weighted by Gasteiger charge is 2.21. The van der Waals surface area contributed by atoms with Gasteiger partial charge in [-0.2, -0.15) is 0 Å². The Balaban J connectivity index is 1.31. The van der Waals surface area contributed by atoms with Crippen molar-refractivity contribution in [2.75, 3.05) is 4.90 Å². The summed E-state index contributed by atoms with van der Waals surface area (Å²) < 4.78 is 8.91. The third kappa shape index (κ3) is 4.38. The molecule has 2 heterocycles. The van der Waals surface area contributed by atoms with Crippen molar-refractivity contribution >= 4 is 70.4 Å². The van der Waals surface area contributed by atoms with Crippen molar-refractivity contribution in [2.45, 2.75) is 0 Å². The molecule has 9 aromatic rings. The maximum atomic E-state index is 6.35. The Hall–Kier alpha value is -5.71. The number of anilines is 3. The number of nitrogens with zero attached hydrogens (tertiary/aromatic N) is 2. The molecule has 0 atom stereocenters. The van der Waals surface area contributed by atoms with E-state index in [1.54, 1.807) is 0 Å². The van der Waals surface area contributed by atoms with Gasteiger partial charge >= 0.3 is 0 Å². The molecule has 0 saturated carbocycles.